The lowest BCUT2D eigenvalue weighted by molar-refractivity contribution is -0.117. The lowest BCUT2D eigenvalue weighted by Crippen LogP contribution is -2.14. The molecule has 0 unspecified atom stereocenters. The van der Waals surface area contributed by atoms with E-state index >= 15 is 0 Å². The lowest BCUT2D eigenvalue weighted by Gasteiger charge is -2.10. The van der Waals surface area contributed by atoms with Crippen molar-refractivity contribution in [3.63, 3.8) is 0 Å². The van der Waals surface area contributed by atoms with Crippen molar-refractivity contribution in [2.45, 2.75) is 19.8 Å². The maximum atomic E-state index is 11.6. The zero-order chi connectivity index (χ0) is 14.1. The second-order valence-corrected chi connectivity index (χ2v) is 3.98. The summed E-state index contributed by atoms with van der Waals surface area (Å²) in [5, 5.41) is 11.5. The lowest BCUT2D eigenvalue weighted by atomic mass is 10.1. The van der Waals surface area contributed by atoms with Gasteiger partial charge in [0, 0.05) is 18.4 Å². The topological polar surface area (TPSA) is 58.6 Å². The molecule has 4 heteroatoms. The molecule has 0 aliphatic carbocycles. The SMILES string of the molecule is CCc1cc(C#CCO)ccc1NC(=O)CCOC. The summed E-state index contributed by atoms with van der Waals surface area (Å²) in [5.41, 5.74) is 2.66. The van der Waals surface area contributed by atoms with Gasteiger partial charge in [-0.1, -0.05) is 18.8 Å². The molecule has 0 aromatic heterocycles. The van der Waals surface area contributed by atoms with Crippen LogP contribution in [-0.4, -0.2) is 31.3 Å². The van der Waals surface area contributed by atoms with Crippen LogP contribution in [0, 0.1) is 11.8 Å². The fraction of sp³-hybridized carbons (Fsp3) is 0.400. The van der Waals surface area contributed by atoms with Gasteiger partial charge < -0.3 is 15.2 Å². The zero-order valence-electron chi connectivity index (χ0n) is 11.3. The Bertz CT molecular complexity index is 486. The number of carbonyl (C=O) groups excluding carboxylic acids is 1. The molecule has 0 fully saturated rings. The molecular weight excluding hydrogens is 242 g/mol. The predicted molar refractivity (Wildman–Crippen MR) is 74.9 cm³/mol. The van der Waals surface area contributed by atoms with Gasteiger partial charge in [-0.25, -0.2) is 0 Å². The highest BCUT2D eigenvalue weighted by Crippen LogP contribution is 2.18. The van der Waals surface area contributed by atoms with Crippen LogP contribution in [0.3, 0.4) is 0 Å². The number of rotatable bonds is 5. The summed E-state index contributed by atoms with van der Waals surface area (Å²) in [4.78, 5) is 11.6. The zero-order valence-corrected chi connectivity index (χ0v) is 11.3. The van der Waals surface area contributed by atoms with Gasteiger partial charge in [0.2, 0.25) is 5.91 Å². The number of benzene rings is 1. The van der Waals surface area contributed by atoms with Gasteiger partial charge in [-0.3, -0.25) is 4.79 Å². The molecule has 1 aromatic carbocycles. The number of anilines is 1. The Labute approximate surface area is 113 Å². The number of carbonyl (C=O) groups is 1. The van der Waals surface area contributed by atoms with E-state index in [1.807, 2.05) is 25.1 Å². The van der Waals surface area contributed by atoms with Crippen molar-refractivity contribution in [2.24, 2.45) is 0 Å². The number of aliphatic hydroxyl groups is 1. The predicted octanol–water partition coefficient (Wildman–Crippen LogP) is 1.57. The van der Waals surface area contributed by atoms with Crippen LogP contribution < -0.4 is 5.32 Å². The van der Waals surface area contributed by atoms with Crippen molar-refractivity contribution in [1.82, 2.24) is 0 Å². The average Bonchev–Trinajstić information content (AvgIpc) is 2.43. The Balaban J connectivity index is 2.81. The van der Waals surface area contributed by atoms with Crippen LogP contribution >= 0.6 is 0 Å². The summed E-state index contributed by atoms with van der Waals surface area (Å²) in [7, 11) is 1.57. The molecule has 0 spiro atoms. The van der Waals surface area contributed by atoms with Crippen molar-refractivity contribution in [3.05, 3.63) is 29.3 Å². The number of amides is 1. The minimum Gasteiger partial charge on any atom is -0.384 e. The molecule has 0 radical (unpaired) electrons. The quantitative estimate of drug-likeness (QED) is 0.791. The minimum absolute atomic E-state index is 0.0641. The van der Waals surface area contributed by atoms with Crippen LogP contribution in [-0.2, 0) is 16.0 Å². The van der Waals surface area contributed by atoms with Crippen LogP contribution in [0.4, 0.5) is 5.69 Å². The van der Waals surface area contributed by atoms with Crippen molar-refractivity contribution in [1.29, 1.82) is 0 Å². The molecule has 0 bridgehead atoms. The summed E-state index contributed by atoms with van der Waals surface area (Å²) >= 11 is 0. The van der Waals surface area contributed by atoms with Crippen LogP contribution in [0.15, 0.2) is 18.2 Å². The van der Waals surface area contributed by atoms with Gasteiger partial charge in [-0.2, -0.15) is 0 Å². The van der Waals surface area contributed by atoms with Crippen molar-refractivity contribution in [2.75, 3.05) is 25.6 Å². The van der Waals surface area contributed by atoms with E-state index in [4.69, 9.17) is 9.84 Å². The first kappa shape index (κ1) is 15.2. The van der Waals surface area contributed by atoms with Crippen LogP contribution in [0.2, 0.25) is 0 Å². The second-order valence-electron chi connectivity index (χ2n) is 3.98. The Hall–Kier alpha value is -1.83. The Morgan fingerprint density at radius 1 is 1.47 bits per heavy atom. The van der Waals surface area contributed by atoms with Gasteiger partial charge >= 0.3 is 0 Å². The van der Waals surface area contributed by atoms with Crippen LogP contribution in [0.1, 0.15) is 24.5 Å². The van der Waals surface area contributed by atoms with E-state index in [1.54, 1.807) is 7.11 Å². The smallest absolute Gasteiger partial charge is 0.226 e. The second kappa shape index (κ2) is 8.30. The first-order chi connectivity index (χ1) is 9.21. The van der Waals surface area contributed by atoms with Crippen molar-refractivity contribution >= 4 is 11.6 Å². The summed E-state index contributed by atoms with van der Waals surface area (Å²) in [5.74, 6) is 5.39. The Morgan fingerprint density at radius 2 is 2.26 bits per heavy atom. The summed E-state index contributed by atoms with van der Waals surface area (Å²) in [6.07, 6.45) is 1.14. The number of ether oxygens (including phenoxy) is 1. The highest BCUT2D eigenvalue weighted by atomic mass is 16.5. The molecule has 1 amide bonds. The van der Waals surface area contributed by atoms with E-state index in [0.717, 1.165) is 23.2 Å². The van der Waals surface area contributed by atoms with E-state index < -0.39 is 0 Å². The molecule has 0 aliphatic heterocycles. The van der Waals surface area contributed by atoms with E-state index in [1.165, 1.54) is 0 Å². The van der Waals surface area contributed by atoms with Gasteiger partial charge in [-0.15, -0.1) is 0 Å². The molecule has 0 aliphatic rings. The summed E-state index contributed by atoms with van der Waals surface area (Å²) < 4.78 is 4.87. The molecule has 0 heterocycles. The largest absolute Gasteiger partial charge is 0.384 e. The summed E-state index contributed by atoms with van der Waals surface area (Å²) in [6.45, 7) is 2.27. The average molecular weight is 261 g/mol. The fourth-order valence-corrected chi connectivity index (χ4v) is 1.63. The molecule has 4 nitrogen and oxygen atoms in total. The normalized spacial score (nSPS) is 9.63. The van der Waals surface area contributed by atoms with E-state index in [0.29, 0.717) is 13.0 Å². The molecule has 2 N–H and O–H groups in total. The third kappa shape index (κ3) is 5.12. The molecule has 0 saturated carbocycles. The number of hydrogen-bond acceptors (Lipinski definition) is 3. The van der Waals surface area contributed by atoms with Gasteiger partial charge in [0.05, 0.1) is 13.0 Å². The van der Waals surface area contributed by atoms with Gasteiger partial charge in [0.25, 0.3) is 0 Å². The number of aryl methyl sites for hydroxylation is 1. The fourth-order valence-electron chi connectivity index (χ4n) is 1.63. The van der Waals surface area contributed by atoms with Crippen LogP contribution in [0.25, 0.3) is 0 Å². The van der Waals surface area contributed by atoms with Crippen molar-refractivity contribution < 1.29 is 14.6 Å². The Morgan fingerprint density at radius 3 is 2.89 bits per heavy atom. The molecule has 1 aromatic rings. The van der Waals surface area contributed by atoms with Gasteiger partial charge in [-0.05, 0) is 30.2 Å². The molecule has 102 valence electrons. The number of hydrogen-bond donors (Lipinski definition) is 2. The molecule has 19 heavy (non-hydrogen) atoms. The van der Waals surface area contributed by atoms with Crippen molar-refractivity contribution in [3.8, 4) is 11.8 Å². The third-order valence-corrected chi connectivity index (χ3v) is 2.61. The van der Waals surface area contributed by atoms with E-state index in [2.05, 4.69) is 17.2 Å². The van der Waals surface area contributed by atoms with Gasteiger partial charge in [0.15, 0.2) is 0 Å². The molecule has 0 atom stereocenters. The first-order valence-electron chi connectivity index (χ1n) is 6.22. The Kier molecular flexibility index (Phi) is 6.65. The van der Waals surface area contributed by atoms with Gasteiger partial charge in [0.1, 0.15) is 6.61 Å². The first-order valence-corrected chi connectivity index (χ1v) is 6.22. The number of methoxy groups -OCH3 is 1. The summed E-state index contributed by atoms with van der Waals surface area (Å²) in [6, 6.07) is 5.59. The highest BCUT2D eigenvalue weighted by Gasteiger charge is 2.06. The van der Waals surface area contributed by atoms with E-state index in [9.17, 15) is 4.79 Å². The monoisotopic (exact) mass is 261 g/mol. The molecular formula is C15H19NO3. The van der Waals surface area contributed by atoms with E-state index in [-0.39, 0.29) is 12.5 Å². The molecule has 1 rings (SSSR count). The standard InChI is InChI=1S/C15H19NO3/c1-3-13-11-12(5-4-9-17)6-7-14(13)16-15(18)8-10-19-2/h6-7,11,17H,3,8-10H2,1-2H3,(H,16,18). The third-order valence-electron chi connectivity index (χ3n) is 2.61. The highest BCUT2D eigenvalue weighted by molar-refractivity contribution is 5.91. The minimum atomic E-state index is -0.156. The van der Waals surface area contributed by atoms with Crippen LogP contribution in [0.5, 0.6) is 0 Å². The molecule has 0 saturated heterocycles. The maximum absolute atomic E-state index is 11.6. The number of nitrogens with one attached hydrogen (secondary N) is 1. The maximum Gasteiger partial charge on any atom is 0.226 e. The number of aliphatic hydroxyl groups excluding tert-OH is 1.